The molecule has 0 radical (unpaired) electrons. The second kappa shape index (κ2) is 5.77. The predicted molar refractivity (Wildman–Crippen MR) is 82.0 cm³/mol. The Labute approximate surface area is 124 Å². The summed E-state index contributed by atoms with van der Waals surface area (Å²) in [5.74, 6) is -0.260. The normalized spacial score (nSPS) is 24.9. The molecular formula is C15H30O4Si. The first-order chi connectivity index (χ1) is 8.84. The van der Waals surface area contributed by atoms with E-state index in [1.165, 1.54) is 0 Å². The van der Waals surface area contributed by atoms with Gasteiger partial charge in [-0.15, -0.1) is 0 Å². The molecule has 0 aromatic carbocycles. The molecule has 20 heavy (non-hydrogen) atoms. The summed E-state index contributed by atoms with van der Waals surface area (Å²) in [5, 5.41) is 0.179. The summed E-state index contributed by atoms with van der Waals surface area (Å²) in [4.78, 5) is 11.8. The van der Waals surface area contributed by atoms with Crippen molar-refractivity contribution in [1.82, 2.24) is 0 Å². The number of hydrogen-bond acceptors (Lipinski definition) is 4. The van der Waals surface area contributed by atoms with Gasteiger partial charge in [-0.25, -0.2) is 4.79 Å². The topological polar surface area (TPSA) is 44.8 Å². The van der Waals surface area contributed by atoms with Crippen molar-refractivity contribution in [2.45, 2.75) is 78.5 Å². The fourth-order valence-corrected chi connectivity index (χ4v) is 2.68. The van der Waals surface area contributed by atoms with Gasteiger partial charge in [-0.05, 0) is 18.1 Å². The molecule has 1 rings (SSSR count). The molecule has 5 heteroatoms. The van der Waals surface area contributed by atoms with Gasteiger partial charge in [0.15, 0.2) is 14.4 Å². The number of hydrogen-bond donors (Lipinski definition) is 0. The van der Waals surface area contributed by atoms with Gasteiger partial charge in [0.25, 0.3) is 0 Å². The average Bonchev–Trinajstić information content (AvgIpc) is 2.58. The molecule has 0 aromatic rings. The molecule has 0 aliphatic carbocycles. The second-order valence-corrected chi connectivity index (χ2v) is 13.0. The van der Waals surface area contributed by atoms with E-state index in [4.69, 9.17) is 13.9 Å². The standard InChI is InChI=1S/C15H30O4Si/c1-14(2,3)13-18-11(12(16)19-13)9-10-17-20(7,8)15(4,5)6/h11,13H,9-10H2,1-8H3. The molecule has 4 nitrogen and oxygen atoms in total. The highest BCUT2D eigenvalue weighted by Gasteiger charge is 2.42. The molecule has 0 N–H and O–H groups in total. The lowest BCUT2D eigenvalue weighted by atomic mass is 9.96. The molecule has 1 aliphatic heterocycles. The molecule has 1 fully saturated rings. The molecule has 0 spiro atoms. The zero-order valence-corrected chi connectivity index (χ0v) is 15.2. The summed E-state index contributed by atoms with van der Waals surface area (Å²) >= 11 is 0. The third-order valence-corrected chi connectivity index (χ3v) is 8.67. The maximum absolute atomic E-state index is 11.8. The quantitative estimate of drug-likeness (QED) is 0.586. The number of ether oxygens (including phenoxy) is 2. The van der Waals surface area contributed by atoms with Crippen molar-refractivity contribution in [3.8, 4) is 0 Å². The van der Waals surface area contributed by atoms with Gasteiger partial charge in [-0.1, -0.05) is 41.5 Å². The first-order valence-electron chi connectivity index (χ1n) is 7.34. The Bertz CT molecular complexity index is 352. The van der Waals surface area contributed by atoms with E-state index in [0.29, 0.717) is 13.0 Å². The molecule has 1 heterocycles. The summed E-state index contributed by atoms with van der Waals surface area (Å²) < 4.78 is 17.1. The van der Waals surface area contributed by atoms with Crippen molar-refractivity contribution in [2.75, 3.05) is 6.61 Å². The van der Waals surface area contributed by atoms with Crippen LogP contribution in [0.4, 0.5) is 0 Å². The van der Waals surface area contributed by atoms with Crippen LogP contribution in [-0.4, -0.2) is 33.3 Å². The van der Waals surface area contributed by atoms with Crippen LogP contribution in [0.5, 0.6) is 0 Å². The lowest BCUT2D eigenvalue weighted by Crippen LogP contribution is -2.41. The van der Waals surface area contributed by atoms with Gasteiger partial charge < -0.3 is 13.9 Å². The van der Waals surface area contributed by atoms with E-state index >= 15 is 0 Å². The van der Waals surface area contributed by atoms with Gasteiger partial charge in [0.2, 0.25) is 6.29 Å². The van der Waals surface area contributed by atoms with Crippen molar-refractivity contribution < 1.29 is 18.7 Å². The lowest BCUT2D eigenvalue weighted by molar-refractivity contribution is -0.154. The second-order valence-electron chi connectivity index (χ2n) is 8.16. The monoisotopic (exact) mass is 302 g/mol. The van der Waals surface area contributed by atoms with Crippen LogP contribution < -0.4 is 0 Å². The fraction of sp³-hybridized carbons (Fsp3) is 0.933. The van der Waals surface area contributed by atoms with Crippen molar-refractivity contribution in [1.29, 1.82) is 0 Å². The van der Waals surface area contributed by atoms with Crippen molar-refractivity contribution in [3.63, 3.8) is 0 Å². The third kappa shape index (κ3) is 4.30. The minimum absolute atomic E-state index is 0.179. The van der Waals surface area contributed by atoms with Gasteiger partial charge in [0.05, 0.1) is 0 Å². The van der Waals surface area contributed by atoms with E-state index in [-0.39, 0.29) is 16.4 Å². The Kier molecular flexibility index (Phi) is 5.10. The van der Waals surface area contributed by atoms with Gasteiger partial charge >= 0.3 is 5.97 Å². The summed E-state index contributed by atoms with van der Waals surface area (Å²) in [6.07, 6.45) is -0.366. The third-order valence-electron chi connectivity index (χ3n) is 4.13. The average molecular weight is 302 g/mol. The molecule has 2 atom stereocenters. The molecule has 0 amide bonds. The number of carbonyl (C=O) groups excluding carboxylic acids is 1. The maximum atomic E-state index is 11.8. The highest BCUT2D eigenvalue weighted by Crippen LogP contribution is 2.37. The van der Waals surface area contributed by atoms with E-state index in [1.807, 2.05) is 20.8 Å². The number of esters is 1. The largest absolute Gasteiger partial charge is 0.433 e. The van der Waals surface area contributed by atoms with Crippen molar-refractivity contribution in [3.05, 3.63) is 0 Å². The molecule has 1 saturated heterocycles. The fourth-order valence-electron chi connectivity index (χ4n) is 1.62. The number of rotatable bonds is 4. The van der Waals surface area contributed by atoms with E-state index < -0.39 is 20.7 Å². The first kappa shape index (κ1) is 17.7. The van der Waals surface area contributed by atoms with Crippen LogP contribution in [0.1, 0.15) is 48.0 Å². The molecule has 1 aliphatic rings. The van der Waals surface area contributed by atoms with Crippen LogP contribution in [-0.2, 0) is 18.7 Å². The smallest absolute Gasteiger partial charge is 0.337 e. The summed E-state index contributed by atoms with van der Waals surface area (Å²) in [6.45, 7) is 17.6. The lowest BCUT2D eigenvalue weighted by Gasteiger charge is -2.36. The van der Waals surface area contributed by atoms with Crippen LogP contribution in [0.3, 0.4) is 0 Å². The van der Waals surface area contributed by atoms with E-state index in [1.54, 1.807) is 0 Å². The van der Waals surface area contributed by atoms with Crippen molar-refractivity contribution in [2.24, 2.45) is 5.41 Å². The van der Waals surface area contributed by atoms with E-state index in [0.717, 1.165) is 0 Å². The number of cyclic esters (lactones) is 1. The molecule has 118 valence electrons. The van der Waals surface area contributed by atoms with Crippen LogP contribution in [0.15, 0.2) is 0 Å². The molecule has 0 saturated carbocycles. The minimum Gasteiger partial charge on any atom is -0.433 e. The van der Waals surface area contributed by atoms with E-state index in [2.05, 4.69) is 33.9 Å². The Morgan fingerprint density at radius 2 is 1.70 bits per heavy atom. The van der Waals surface area contributed by atoms with Gasteiger partial charge in [-0.3, -0.25) is 0 Å². The summed E-state index contributed by atoms with van der Waals surface area (Å²) in [7, 11) is -1.76. The molecule has 0 aromatic heterocycles. The Morgan fingerprint density at radius 3 is 2.10 bits per heavy atom. The van der Waals surface area contributed by atoms with Crippen LogP contribution in [0.25, 0.3) is 0 Å². The Balaban J connectivity index is 2.46. The summed E-state index contributed by atoms with van der Waals surface area (Å²) in [6, 6.07) is 0. The maximum Gasteiger partial charge on any atom is 0.337 e. The zero-order valence-electron chi connectivity index (χ0n) is 14.2. The van der Waals surface area contributed by atoms with Gasteiger partial charge in [-0.2, -0.15) is 0 Å². The van der Waals surface area contributed by atoms with Crippen LogP contribution in [0, 0.1) is 5.41 Å². The SMILES string of the molecule is CC(C)(C)C1OC(=O)C(CCO[Si](C)(C)C(C)(C)C)O1. The first-order valence-corrected chi connectivity index (χ1v) is 10.3. The zero-order chi connectivity index (χ0) is 15.8. The molecule has 0 bridgehead atoms. The Morgan fingerprint density at radius 1 is 1.15 bits per heavy atom. The van der Waals surface area contributed by atoms with Crippen LogP contribution in [0.2, 0.25) is 18.1 Å². The molecular weight excluding hydrogens is 272 g/mol. The van der Waals surface area contributed by atoms with Gasteiger partial charge in [0, 0.05) is 18.4 Å². The highest BCUT2D eigenvalue weighted by molar-refractivity contribution is 6.74. The van der Waals surface area contributed by atoms with E-state index in [9.17, 15) is 4.79 Å². The molecule has 2 unspecified atom stereocenters. The van der Waals surface area contributed by atoms with Gasteiger partial charge in [0.1, 0.15) is 0 Å². The number of carbonyl (C=O) groups is 1. The van der Waals surface area contributed by atoms with Crippen molar-refractivity contribution >= 4 is 14.3 Å². The summed E-state index contributed by atoms with van der Waals surface area (Å²) in [5.41, 5.74) is -0.190. The minimum atomic E-state index is -1.76. The Hall–Kier alpha value is -0.393. The van der Waals surface area contributed by atoms with Crippen LogP contribution >= 0.6 is 0 Å². The highest BCUT2D eigenvalue weighted by atomic mass is 28.4. The predicted octanol–water partition coefficient (Wildman–Crippen LogP) is 3.71.